The molecule has 1 fully saturated rings. The standard InChI is InChI=1S/C51H99NO3/c1-7-12-17-21-23-28-37-48(36-26-19-14-9-3)46(6)54-42-34-31-35-47-44-50(52(45-47)41-32-16-11-5)40-30-25-33-43-55-51(53)49(38-27-20-15-10-4)39-29-24-22-18-13-8-2/h47-50H,6-45H2,1-5H3. The van der Waals surface area contributed by atoms with Crippen LogP contribution in [0.15, 0.2) is 12.3 Å². The number of carbonyl (C=O) groups excluding carboxylic acids is 1. The van der Waals surface area contributed by atoms with Gasteiger partial charge in [-0.2, -0.15) is 0 Å². The smallest absolute Gasteiger partial charge is 0.308 e. The molecule has 4 atom stereocenters. The van der Waals surface area contributed by atoms with Crippen LogP contribution >= 0.6 is 0 Å². The normalized spacial score (nSPS) is 17.1. The molecule has 326 valence electrons. The second-order valence-corrected chi connectivity index (χ2v) is 18.0. The molecular formula is C51H99NO3. The predicted molar refractivity (Wildman–Crippen MR) is 242 cm³/mol. The zero-order valence-corrected chi connectivity index (χ0v) is 38.3. The van der Waals surface area contributed by atoms with E-state index in [9.17, 15) is 4.79 Å². The highest BCUT2D eigenvalue weighted by atomic mass is 16.5. The van der Waals surface area contributed by atoms with Crippen molar-refractivity contribution >= 4 is 5.97 Å². The van der Waals surface area contributed by atoms with Crippen LogP contribution in [-0.2, 0) is 14.3 Å². The number of likely N-dealkylation sites (tertiary alicyclic amines) is 1. The third-order valence-corrected chi connectivity index (χ3v) is 12.8. The molecule has 0 bridgehead atoms. The Labute approximate surface area is 345 Å². The van der Waals surface area contributed by atoms with Gasteiger partial charge in [0.05, 0.1) is 24.9 Å². The van der Waals surface area contributed by atoms with Gasteiger partial charge in [0.1, 0.15) is 0 Å². The number of unbranched alkanes of at least 4 members (excludes halogenated alkanes) is 21. The first-order valence-corrected chi connectivity index (χ1v) is 25.2. The van der Waals surface area contributed by atoms with Crippen LogP contribution in [0.25, 0.3) is 0 Å². The molecule has 1 rings (SSSR count). The minimum atomic E-state index is 0.0934. The summed E-state index contributed by atoms with van der Waals surface area (Å²) >= 11 is 0. The van der Waals surface area contributed by atoms with Crippen LogP contribution in [0, 0.1) is 17.8 Å². The number of allylic oxidation sites excluding steroid dienone is 1. The molecule has 0 radical (unpaired) electrons. The van der Waals surface area contributed by atoms with Gasteiger partial charge in [-0.25, -0.2) is 0 Å². The molecule has 1 aliphatic rings. The largest absolute Gasteiger partial charge is 0.498 e. The summed E-state index contributed by atoms with van der Waals surface area (Å²) in [7, 11) is 0. The summed E-state index contributed by atoms with van der Waals surface area (Å²) in [5.74, 6) is 2.67. The van der Waals surface area contributed by atoms with Gasteiger partial charge in [-0.3, -0.25) is 4.79 Å². The van der Waals surface area contributed by atoms with E-state index in [2.05, 4.69) is 46.1 Å². The van der Waals surface area contributed by atoms with Gasteiger partial charge >= 0.3 is 5.97 Å². The van der Waals surface area contributed by atoms with Crippen molar-refractivity contribution in [1.29, 1.82) is 0 Å². The van der Waals surface area contributed by atoms with Crippen LogP contribution in [0.1, 0.15) is 259 Å². The number of ether oxygens (including phenoxy) is 2. The lowest BCUT2D eigenvalue weighted by Gasteiger charge is -2.24. The van der Waals surface area contributed by atoms with E-state index in [4.69, 9.17) is 9.47 Å². The van der Waals surface area contributed by atoms with Crippen LogP contribution < -0.4 is 0 Å². The van der Waals surface area contributed by atoms with Gasteiger partial charge in [-0.1, -0.05) is 195 Å². The Morgan fingerprint density at radius 3 is 1.49 bits per heavy atom. The molecule has 55 heavy (non-hydrogen) atoms. The Balaban J connectivity index is 2.42. The summed E-state index contributed by atoms with van der Waals surface area (Å²) in [5, 5.41) is 0. The third kappa shape index (κ3) is 28.9. The first-order valence-electron chi connectivity index (χ1n) is 25.2. The Morgan fingerprint density at radius 2 is 0.927 bits per heavy atom. The Morgan fingerprint density at radius 1 is 0.509 bits per heavy atom. The van der Waals surface area contributed by atoms with Crippen LogP contribution in [0.5, 0.6) is 0 Å². The lowest BCUT2D eigenvalue weighted by Crippen LogP contribution is -2.30. The van der Waals surface area contributed by atoms with Crippen molar-refractivity contribution < 1.29 is 14.3 Å². The van der Waals surface area contributed by atoms with E-state index in [1.165, 1.54) is 212 Å². The number of carbonyl (C=O) groups is 1. The highest BCUT2D eigenvalue weighted by Crippen LogP contribution is 2.31. The molecule has 4 unspecified atom stereocenters. The van der Waals surface area contributed by atoms with Gasteiger partial charge in [0, 0.05) is 18.5 Å². The van der Waals surface area contributed by atoms with Crippen molar-refractivity contribution in [3.8, 4) is 0 Å². The molecule has 0 aromatic carbocycles. The molecule has 4 nitrogen and oxygen atoms in total. The fourth-order valence-corrected chi connectivity index (χ4v) is 9.07. The van der Waals surface area contributed by atoms with Crippen LogP contribution in [-0.4, -0.2) is 43.2 Å². The highest BCUT2D eigenvalue weighted by Gasteiger charge is 2.30. The second-order valence-electron chi connectivity index (χ2n) is 18.0. The number of rotatable bonds is 42. The van der Waals surface area contributed by atoms with Crippen molar-refractivity contribution in [2.24, 2.45) is 17.8 Å². The molecule has 0 spiro atoms. The molecule has 0 amide bonds. The molecule has 0 aromatic heterocycles. The average Bonchev–Trinajstić information content (AvgIpc) is 3.58. The van der Waals surface area contributed by atoms with Crippen molar-refractivity contribution in [2.75, 3.05) is 26.3 Å². The van der Waals surface area contributed by atoms with Crippen molar-refractivity contribution in [3.63, 3.8) is 0 Å². The molecule has 0 N–H and O–H groups in total. The zero-order valence-electron chi connectivity index (χ0n) is 38.3. The molecule has 0 saturated carbocycles. The van der Waals surface area contributed by atoms with Crippen molar-refractivity contribution in [1.82, 2.24) is 4.90 Å². The first kappa shape index (κ1) is 52.0. The maximum Gasteiger partial charge on any atom is 0.308 e. The topological polar surface area (TPSA) is 38.8 Å². The number of nitrogens with zero attached hydrogens (tertiary/aromatic N) is 1. The lowest BCUT2D eigenvalue weighted by molar-refractivity contribution is -0.149. The summed E-state index contributed by atoms with van der Waals surface area (Å²) in [6, 6.07) is 0.737. The van der Waals surface area contributed by atoms with Crippen LogP contribution in [0.3, 0.4) is 0 Å². The summed E-state index contributed by atoms with van der Waals surface area (Å²) < 4.78 is 12.3. The molecule has 1 aliphatic heterocycles. The van der Waals surface area contributed by atoms with Crippen LogP contribution in [0.4, 0.5) is 0 Å². The SMILES string of the molecule is C=C(OCCCCC1CC(CCCCCOC(=O)C(CCCCCC)CCCCCCCC)N(CCCCC)C1)C(CCCCCC)CCCCCCCC. The summed E-state index contributed by atoms with van der Waals surface area (Å²) in [6.07, 6.45) is 44.6. The molecule has 1 heterocycles. The van der Waals surface area contributed by atoms with Crippen molar-refractivity contribution in [2.45, 2.75) is 265 Å². The Hall–Kier alpha value is -1.03. The molecule has 4 heteroatoms. The predicted octanol–water partition coefficient (Wildman–Crippen LogP) is 16.3. The molecule has 0 aromatic rings. The zero-order chi connectivity index (χ0) is 40.0. The lowest BCUT2D eigenvalue weighted by atomic mass is 9.93. The first-order chi connectivity index (χ1) is 27.0. The van der Waals surface area contributed by atoms with Gasteiger partial charge in [0.15, 0.2) is 0 Å². The highest BCUT2D eigenvalue weighted by molar-refractivity contribution is 5.72. The number of hydrogen-bond donors (Lipinski definition) is 0. The molecule has 0 aliphatic carbocycles. The minimum absolute atomic E-state index is 0.0934. The maximum atomic E-state index is 13.1. The van der Waals surface area contributed by atoms with E-state index in [0.29, 0.717) is 12.5 Å². The molecule has 1 saturated heterocycles. The van der Waals surface area contributed by atoms with E-state index in [1.807, 2.05) is 0 Å². The number of hydrogen-bond acceptors (Lipinski definition) is 4. The fourth-order valence-electron chi connectivity index (χ4n) is 9.07. The minimum Gasteiger partial charge on any atom is -0.498 e. The summed E-state index contributed by atoms with van der Waals surface area (Å²) in [5.41, 5.74) is 0. The van der Waals surface area contributed by atoms with Crippen LogP contribution in [0.2, 0.25) is 0 Å². The van der Waals surface area contributed by atoms with E-state index in [-0.39, 0.29) is 11.9 Å². The van der Waals surface area contributed by atoms with Gasteiger partial charge in [-0.05, 0) is 83.1 Å². The summed E-state index contributed by atoms with van der Waals surface area (Å²) in [4.78, 5) is 15.9. The second kappa shape index (κ2) is 38.5. The Bertz CT molecular complexity index is 844. The average molecular weight is 774 g/mol. The van der Waals surface area contributed by atoms with E-state index < -0.39 is 0 Å². The quantitative estimate of drug-likeness (QED) is 0.0352. The monoisotopic (exact) mass is 774 g/mol. The molecular weight excluding hydrogens is 675 g/mol. The third-order valence-electron chi connectivity index (χ3n) is 12.8. The Kier molecular flexibility index (Phi) is 36.4. The summed E-state index contributed by atoms with van der Waals surface area (Å²) in [6.45, 7) is 19.9. The van der Waals surface area contributed by atoms with Gasteiger partial charge < -0.3 is 14.4 Å². The van der Waals surface area contributed by atoms with E-state index in [0.717, 1.165) is 50.0 Å². The number of esters is 1. The maximum absolute atomic E-state index is 13.1. The van der Waals surface area contributed by atoms with Gasteiger partial charge in [0.2, 0.25) is 0 Å². The van der Waals surface area contributed by atoms with Gasteiger partial charge in [0.25, 0.3) is 0 Å². The fraction of sp³-hybridized carbons (Fsp3) is 0.941. The van der Waals surface area contributed by atoms with E-state index in [1.54, 1.807) is 0 Å². The van der Waals surface area contributed by atoms with Crippen molar-refractivity contribution in [3.05, 3.63) is 12.3 Å². The van der Waals surface area contributed by atoms with E-state index >= 15 is 0 Å². The van der Waals surface area contributed by atoms with Gasteiger partial charge in [-0.15, -0.1) is 0 Å².